The summed E-state index contributed by atoms with van der Waals surface area (Å²) in [5, 5.41) is 24.3. The lowest BCUT2D eigenvalue weighted by atomic mass is 10.8. The summed E-state index contributed by atoms with van der Waals surface area (Å²) >= 11 is 0. The third kappa shape index (κ3) is 1.87. The van der Waals surface area contributed by atoms with Crippen LogP contribution in [0.2, 0.25) is 0 Å². The molecule has 0 heterocycles. The fraction of sp³-hybridized carbons (Fsp3) is 0.667. The predicted molar refractivity (Wildman–Crippen MR) is 23.2 cm³/mol. The van der Waals surface area contributed by atoms with Gasteiger partial charge in [0.15, 0.2) is 0 Å². The van der Waals surface area contributed by atoms with Crippen LogP contribution in [-0.2, 0) is 4.79 Å². The Morgan fingerprint density at radius 3 is 1.88 bits per heavy atom. The molecule has 5 heteroatoms. The van der Waals surface area contributed by atoms with Crippen molar-refractivity contribution >= 4 is 6.41 Å². The van der Waals surface area contributed by atoms with E-state index in [-0.39, 0.29) is 6.41 Å². The second-order valence-corrected chi connectivity index (χ2v) is 1.32. The van der Waals surface area contributed by atoms with E-state index in [9.17, 15) is 4.79 Å². The number of amides is 1. The zero-order valence-electron chi connectivity index (χ0n) is 4.27. The van der Waals surface area contributed by atoms with Crippen molar-refractivity contribution in [3.05, 3.63) is 0 Å². The van der Waals surface area contributed by atoms with Crippen molar-refractivity contribution in [1.29, 1.82) is 0 Å². The van der Waals surface area contributed by atoms with E-state index >= 15 is 0 Å². The van der Waals surface area contributed by atoms with E-state index in [1.54, 1.807) is 0 Å². The molecule has 0 bridgehead atoms. The molecule has 8 heavy (non-hydrogen) atoms. The maximum absolute atomic E-state index is 9.60. The molecule has 1 amide bonds. The van der Waals surface area contributed by atoms with Crippen LogP contribution in [0, 0.1) is 0 Å². The van der Waals surface area contributed by atoms with Gasteiger partial charge < -0.3 is 15.3 Å². The van der Waals surface area contributed by atoms with Crippen molar-refractivity contribution < 1.29 is 20.1 Å². The average molecular weight is 121 g/mol. The van der Waals surface area contributed by atoms with Crippen molar-refractivity contribution in [2.75, 3.05) is 7.05 Å². The molecule has 0 saturated heterocycles. The minimum atomic E-state index is -3.03. The highest BCUT2D eigenvalue weighted by molar-refractivity contribution is 5.46. The topological polar surface area (TPSA) is 81.0 Å². The molecule has 3 N–H and O–H groups in total. The zero-order chi connectivity index (χ0) is 6.78. The highest BCUT2D eigenvalue weighted by Gasteiger charge is 2.22. The van der Waals surface area contributed by atoms with Gasteiger partial charge in [-0.25, -0.2) is 0 Å². The molecule has 48 valence electrons. The minimum Gasteiger partial charge on any atom is -0.325 e. The molecular weight excluding hydrogens is 114 g/mol. The van der Waals surface area contributed by atoms with Gasteiger partial charge in [-0.2, -0.15) is 0 Å². The van der Waals surface area contributed by atoms with Crippen LogP contribution in [0.5, 0.6) is 0 Å². The summed E-state index contributed by atoms with van der Waals surface area (Å²) in [5.41, 5.74) is 0. The van der Waals surface area contributed by atoms with Crippen LogP contribution in [0.15, 0.2) is 0 Å². The lowest BCUT2D eigenvalue weighted by Crippen LogP contribution is -2.45. The molecule has 0 spiro atoms. The first kappa shape index (κ1) is 7.35. The van der Waals surface area contributed by atoms with Gasteiger partial charge >= 0.3 is 6.10 Å². The normalized spacial score (nSPS) is 11.0. The number of hydrogen-bond acceptors (Lipinski definition) is 4. The predicted octanol–water partition coefficient (Wildman–Crippen LogP) is -2.34. The maximum atomic E-state index is 9.60. The Labute approximate surface area is 45.8 Å². The van der Waals surface area contributed by atoms with E-state index in [2.05, 4.69) is 0 Å². The quantitative estimate of drug-likeness (QED) is 0.282. The molecule has 0 rings (SSSR count). The third-order valence-electron chi connectivity index (χ3n) is 0.631. The highest BCUT2D eigenvalue weighted by Crippen LogP contribution is 1.93. The van der Waals surface area contributed by atoms with Crippen molar-refractivity contribution in [3.8, 4) is 0 Å². The monoisotopic (exact) mass is 121 g/mol. The lowest BCUT2D eigenvalue weighted by Gasteiger charge is -2.20. The molecule has 0 saturated carbocycles. The molecule has 0 atom stereocenters. The van der Waals surface area contributed by atoms with Crippen LogP contribution in [0.3, 0.4) is 0 Å². The first-order valence-corrected chi connectivity index (χ1v) is 1.84. The molecule has 0 fully saturated rings. The number of hydrogen-bond donors (Lipinski definition) is 3. The molecule has 0 aromatic heterocycles. The highest BCUT2D eigenvalue weighted by atomic mass is 16.7. The number of rotatable bonds is 2. The molecular formula is C3H7NO4. The molecule has 5 nitrogen and oxygen atoms in total. The Kier molecular flexibility index (Phi) is 1.91. The number of carbonyl (C=O) groups is 1. The van der Waals surface area contributed by atoms with Gasteiger partial charge in [-0.3, -0.25) is 9.69 Å². The Balaban J connectivity index is 3.80. The third-order valence-corrected chi connectivity index (χ3v) is 0.631. The van der Waals surface area contributed by atoms with Crippen LogP contribution in [0.25, 0.3) is 0 Å². The van der Waals surface area contributed by atoms with E-state index in [1.807, 2.05) is 0 Å². The molecule has 0 aromatic rings. The molecule has 0 aliphatic carbocycles. The second-order valence-electron chi connectivity index (χ2n) is 1.32. The fourth-order valence-corrected chi connectivity index (χ4v) is 0.0707. The van der Waals surface area contributed by atoms with Gasteiger partial charge in [0, 0.05) is 7.05 Å². The van der Waals surface area contributed by atoms with E-state index < -0.39 is 6.10 Å². The fourth-order valence-electron chi connectivity index (χ4n) is 0.0707. The SMILES string of the molecule is CN(C=O)C(O)(O)O. The standard InChI is InChI=1S/C3H7NO4/c1-4(2-5)3(6,7)8/h2,6-8H,1H3. The number of nitrogens with zero attached hydrogens (tertiary/aromatic N) is 1. The summed E-state index contributed by atoms with van der Waals surface area (Å²) in [7, 11) is 1.02. The van der Waals surface area contributed by atoms with E-state index in [0.29, 0.717) is 4.90 Å². The van der Waals surface area contributed by atoms with Crippen LogP contribution in [0.1, 0.15) is 0 Å². The van der Waals surface area contributed by atoms with Gasteiger partial charge in [-0.1, -0.05) is 0 Å². The van der Waals surface area contributed by atoms with Crippen LogP contribution >= 0.6 is 0 Å². The molecule has 0 aliphatic heterocycles. The summed E-state index contributed by atoms with van der Waals surface area (Å²) in [5.74, 6) is 0. The summed E-state index contributed by atoms with van der Waals surface area (Å²) in [6, 6.07) is 0. The average Bonchev–Trinajstić information content (AvgIpc) is 1.62. The van der Waals surface area contributed by atoms with Gasteiger partial charge in [-0.05, 0) is 0 Å². The van der Waals surface area contributed by atoms with Crippen LogP contribution in [-0.4, -0.2) is 39.8 Å². The summed E-state index contributed by atoms with van der Waals surface area (Å²) < 4.78 is 0. The lowest BCUT2D eigenvalue weighted by molar-refractivity contribution is -0.374. The maximum Gasteiger partial charge on any atom is 0.371 e. The van der Waals surface area contributed by atoms with Gasteiger partial charge in [0.25, 0.3) is 0 Å². The Morgan fingerprint density at radius 1 is 1.50 bits per heavy atom. The van der Waals surface area contributed by atoms with E-state index in [1.165, 1.54) is 0 Å². The first-order valence-electron chi connectivity index (χ1n) is 1.84. The van der Waals surface area contributed by atoms with Gasteiger partial charge in [0.1, 0.15) is 0 Å². The van der Waals surface area contributed by atoms with Crippen LogP contribution in [0.4, 0.5) is 0 Å². The van der Waals surface area contributed by atoms with Crippen molar-refractivity contribution in [2.45, 2.75) is 6.10 Å². The molecule has 0 radical (unpaired) electrons. The van der Waals surface area contributed by atoms with Gasteiger partial charge in [0.05, 0.1) is 0 Å². The summed E-state index contributed by atoms with van der Waals surface area (Å²) in [4.78, 5) is 9.90. The largest absolute Gasteiger partial charge is 0.371 e. The smallest absolute Gasteiger partial charge is 0.325 e. The molecule has 0 aromatic carbocycles. The van der Waals surface area contributed by atoms with Crippen molar-refractivity contribution in [1.82, 2.24) is 4.90 Å². The zero-order valence-corrected chi connectivity index (χ0v) is 4.27. The Hall–Kier alpha value is -0.650. The number of aliphatic hydroxyl groups is 3. The Morgan fingerprint density at radius 2 is 1.88 bits per heavy atom. The van der Waals surface area contributed by atoms with Gasteiger partial charge in [0.2, 0.25) is 6.41 Å². The second kappa shape index (κ2) is 2.08. The summed E-state index contributed by atoms with van der Waals surface area (Å²) in [6.07, 6.45) is -2.94. The molecule has 0 aliphatic rings. The Bertz CT molecular complexity index is 85.8. The van der Waals surface area contributed by atoms with Gasteiger partial charge in [-0.15, -0.1) is 0 Å². The van der Waals surface area contributed by atoms with Crippen LogP contribution < -0.4 is 0 Å². The first-order chi connectivity index (χ1) is 3.48. The van der Waals surface area contributed by atoms with Crippen molar-refractivity contribution in [3.63, 3.8) is 0 Å². The van der Waals surface area contributed by atoms with Crippen molar-refractivity contribution in [2.24, 2.45) is 0 Å². The molecule has 0 unspecified atom stereocenters. The minimum absolute atomic E-state index is 0.0833. The number of carbonyl (C=O) groups excluding carboxylic acids is 1. The van der Waals surface area contributed by atoms with E-state index in [0.717, 1.165) is 7.05 Å². The van der Waals surface area contributed by atoms with E-state index in [4.69, 9.17) is 15.3 Å². The summed E-state index contributed by atoms with van der Waals surface area (Å²) in [6.45, 7) is 0.